The highest BCUT2D eigenvalue weighted by Crippen LogP contribution is 2.61. The molecule has 6 rings (SSSR count). The van der Waals surface area contributed by atoms with E-state index in [2.05, 4.69) is 10.6 Å². The van der Waals surface area contributed by atoms with Gasteiger partial charge in [0.25, 0.3) is 17.1 Å². The highest BCUT2D eigenvalue weighted by Gasteiger charge is 2.62. The molecule has 1 aromatic carbocycles. The standard InChI is InChI=1S/C58H80ClN7O16S/c1-35-16-15-19-45(78-10)58(76)33-44(80-54(73)61-58)36(2)39-32-57(39,4)46(31-51(71)65(8)40-29-38(28-35)30-43(77-9)52(40)59)82-53(72)37(3)64(7)48(68)22-27-83-56(75)63(6)26-25-62(5)55(74)81-42-18-14-12-11-13-17-41(42)79-34-47(67)60-23-24-66-49(69)20-21-50(66)70/h14-16,18-21,29-30,36-37,39,41-42,44-46,76H,11-13,17,22-28,31-34H2,1-10H3,(H,60,67)(H,61,73)/b18-14+,19-15+,35-16+/t36-,37-,39-,41?,42?,44-,45+,46-,57?,58-/m0/s1. The van der Waals surface area contributed by atoms with Crippen LogP contribution >= 0.6 is 23.4 Å². The van der Waals surface area contributed by atoms with Crippen molar-refractivity contribution in [3.05, 3.63) is 70.8 Å². The van der Waals surface area contributed by atoms with E-state index in [0.717, 1.165) is 47.1 Å². The molecule has 2 aliphatic carbocycles. The van der Waals surface area contributed by atoms with E-state index in [1.165, 1.54) is 67.0 Å². The van der Waals surface area contributed by atoms with Crippen LogP contribution in [0.15, 0.2) is 60.2 Å². The molecule has 1 saturated heterocycles. The zero-order valence-electron chi connectivity index (χ0n) is 49.0. The van der Waals surface area contributed by atoms with E-state index >= 15 is 0 Å². The van der Waals surface area contributed by atoms with Crippen molar-refractivity contribution >= 4 is 82.0 Å². The van der Waals surface area contributed by atoms with Gasteiger partial charge in [-0.15, -0.1) is 0 Å². The molecular weight excluding hydrogens is 1120 g/mol. The quantitative estimate of drug-likeness (QED) is 0.0703. The Kier molecular flexibility index (Phi) is 23.2. The van der Waals surface area contributed by atoms with Gasteiger partial charge < -0.3 is 58.4 Å². The highest BCUT2D eigenvalue weighted by atomic mass is 35.5. The number of amides is 8. The fourth-order valence-electron chi connectivity index (χ4n) is 10.6. The van der Waals surface area contributed by atoms with Gasteiger partial charge in [-0.05, 0) is 81.6 Å². The summed E-state index contributed by atoms with van der Waals surface area (Å²) in [5.41, 5.74) is -0.616. The second-order valence-corrected chi connectivity index (χ2v) is 23.6. The van der Waals surface area contributed by atoms with Gasteiger partial charge in [-0.3, -0.25) is 39.0 Å². The van der Waals surface area contributed by atoms with Gasteiger partial charge in [-0.25, -0.2) is 14.4 Å². The maximum absolute atomic E-state index is 14.5. The number of alkyl carbamates (subject to hydrolysis) is 1. The van der Waals surface area contributed by atoms with Gasteiger partial charge in [-0.1, -0.05) is 73.5 Å². The Bertz CT molecular complexity index is 2710. The first-order valence-electron chi connectivity index (χ1n) is 27.9. The summed E-state index contributed by atoms with van der Waals surface area (Å²) in [6, 6.07) is 2.45. The number of allylic oxidation sites excluding steroid dienone is 4. The largest absolute Gasteiger partial charge is 0.495 e. The van der Waals surface area contributed by atoms with Gasteiger partial charge in [0.2, 0.25) is 17.7 Å². The first kappa shape index (κ1) is 65.7. The molecule has 1 saturated carbocycles. The van der Waals surface area contributed by atoms with Crippen LogP contribution < -0.4 is 20.3 Å². The van der Waals surface area contributed by atoms with Crippen LogP contribution in [-0.2, 0) is 58.9 Å². The van der Waals surface area contributed by atoms with E-state index in [-0.39, 0.29) is 74.0 Å². The minimum atomic E-state index is -1.84. The normalized spacial score (nSPS) is 28.1. The molecule has 0 radical (unpaired) electrons. The summed E-state index contributed by atoms with van der Waals surface area (Å²) in [4.78, 5) is 125. The number of anilines is 1. The van der Waals surface area contributed by atoms with Crippen LogP contribution in [0.5, 0.6) is 5.75 Å². The van der Waals surface area contributed by atoms with Gasteiger partial charge >= 0.3 is 18.2 Å². The van der Waals surface area contributed by atoms with Crippen LogP contribution in [0.3, 0.4) is 0 Å². The number of nitrogens with zero attached hydrogens (tertiary/aromatic N) is 5. The number of nitrogens with one attached hydrogen (secondary N) is 2. The number of benzene rings is 1. The Labute approximate surface area is 494 Å². The minimum Gasteiger partial charge on any atom is -0.495 e. The fourth-order valence-corrected chi connectivity index (χ4v) is 11.7. The van der Waals surface area contributed by atoms with Crippen LogP contribution in [0, 0.1) is 17.3 Å². The molecule has 0 aromatic heterocycles. The Morgan fingerprint density at radius 3 is 2.41 bits per heavy atom. The Morgan fingerprint density at radius 1 is 1.00 bits per heavy atom. The molecule has 10 atom stereocenters. The van der Waals surface area contributed by atoms with Crippen molar-refractivity contribution in [1.82, 2.24) is 30.2 Å². The summed E-state index contributed by atoms with van der Waals surface area (Å²) >= 11 is 7.74. The van der Waals surface area contributed by atoms with E-state index in [1.54, 1.807) is 44.5 Å². The third kappa shape index (κ3) is 17.1. The summed E-state index contributed by atoms with van der Waals surface area (Å²) in [5.74, 6) is -3.25. The monoisotopic (exact) mass is 1200 g/mol. The highest BCUT2D eigenvalue weighted by molar-refractivity contribution is 8.13. The molecule has 23 nitrogen and oxygen atoms in total. The van der Waals surface area contributed by atoms with Crippen LogP contribution in [-0.4, -0.2) is 201 Å². The number of hydrogen-bond acceptors (Lipinski definition) is 17. The van der Waals surface area contributed by atoms with Crippen molar-refractivity contribution in [3.8, 4) is 5.75 Å². The lowest BCUT2D eigenvalue weighted by Gasteiger charge is -2.42. The molecule has 8 amide bonds. The lowest BCUT2D eigenvalue weighted by Crippen LogP contribution is -2.63. The number of likely N-dealkylation sites (N-methyl/N-ethyl adjacent to an activating group) is 3. The van der Waals surface area contributed by atoms with E-state index < -0.39 is 101 Å². The molecule has 3 unspecified atom stereocenters. The van der Waals surface area contributed by atoms with Crippen LogP contribution in [0.25, 0.3) is 0 Å². The van der Waals surface area contributed by atoms with Gasteiger partial charge in [0, 0.05) is 97.6 Å². The minimum absolute atomic E-state index is 0.0117. The Morgan fingerprint density at radius 2 is 1.71 bits per heavy atom. The number of methoxy groups -OCH3 is 2. The summed E-state index contributed by atoms with van der Waals surface area (Å²) in [6.07, 6.45) is 8.86. The molecule has 456 valence electrons. The number of halogens is 1. The third-order valence-corrected chi connectivity index (χ3v) is 17.5. The summed E-state index contributed by atoms with van der Waals surface area (Å²) in [6.45, 7) is 7.14. The number of imide groups is 1. The molecular formula is C58H80ClN7O16S. The SMILES string of the molecule is COc1cc2cc(c1Cl)N(C)C(=O)C[C@H](OC(=O)[C@H](C)N(C)C(=O)CCSC(=O)N(C)CCN(C)C(=O)OC1/C=C/CCCCC1OCC(=O)NCCN1C(=O)C=CC1=O)C1(C)C[C@H]1[C@H](C)[C@@H]1C[C@@](O)(NC(=O)O1)[C@H](OC)/C=C/C=C(\C)C2. The number of carbonyl (C=O) groups is 9. The van der Waals surface area contributed by atoms with Crippen LogP contribution in [0.2, 0.25) is 5.02 Å². The van der Waals surface area contributed by atoms with Crippen LogP contribution in [0.1, 0.15) is 84.6 Å². The summed E-state index contributed by atoms with van der Waals surface area (Å²) in [7, 11) is 9.02. The predicted molar refractivity (Wildman–Crippen MR) is 308 cm³/mol. The molecule has 83 heavy (non-hydrogen) atoms. The van der Waals surface area contributed by atoms with E-state index in [1.807, 2.05) is 32.9 Å². The number of thioether (sulfide) groups is 1. The first-order chi connectivity index (χ1) is 39.3. The molecule has 0 spiro atoms. The molecule has 3 N–H and O–H groups in total. The molecule has 25 heteroatoms. The Hall–Kier alpha value is -6.47. The van der Waals surface area contributed by atoms with E-state index in [0.29, 0.717) is 30.7 Å². The molecule has 4 bridgehead atoms. The van der Waals surface area contributed by atoms with Gasteiger partial charge in [0.1, 0.15) is 47.8 Å². The summed E-state index contributed by atoms with van der Waals surface area (Å²) < 4.78 is 35.1. The van der Waals surface area contributed by atoms with E-state index in [4.69, 9.17) is 40.0 Å². The first-order valence-corrected chi connectivity index (χ1v) is 29.2. The number of esters is 1. The second-order valence-electron chi connectivity index (χ2n) is 22.1. The van der Waals surface area contributed by atoms with E-state index in [9.17, 15) is 48.3 Å². The van der Waals surface area contributed by atoms with Crippen molar-refractivity contribution in [2.45, 2.75) is 128 Å². The van der Waals surface area contributed by atoms with Gasteiger partial charge in [-0.2, -0.15) is 0 Å². The van der Waals surface area contributed by atoms with Crippen molar-refractivity contribution in [2.24, 2.45) is 17.3 Å². The number of rotatable bonds is 18. The number of fused-ring (bicyclic) bond motifs is 5. The summed E-state index contributed by atoms with van der Waals surface area (Å²) in [5, 5.41) is 16.9. The topological polar surface area (TPSA) is 270 Å². The maximum Gasteiger partial charge on any atom is 0.410 e. The van der Waals surface area contributed by atoms with Crippen molar-refractivity contribution in [3.63, 3.8) is 0 Å². The van der Waals surface area contributed by atoms with Crippen molar-refractivity contribution < 1.29 is 76.7 Å². The van der Waals surface area contributed by atoms with Gasteiger partial charge in [0.05, 0.1) is 25.3 Å². The average molecular weight is 1200 g/mol. The zero-order chi connectivity index (χ0) is 60.9. The molecule has 5 aliphatic rings. The fraction of sp³-hybridized carbons (Fsp3) is 0.603. The van der Waals surface area contributed by atoms with Crippen molar-refractivity contribution in [1.29, 1.82) is 0 Å². The van der Waals surface area contributed by atoms with Gasteiger partial charge in [0.15, 0.2) is 5.72 Å². The maximum atomic E-state index is 14.5. The number of aliphatic hydroxyl groups is 1. The molecule has 1 aromatic rings. The molecule has 3 aliphatic heterocycles. The zero-order valence-corrected chi connectivity index (χ0v) is 50.6. The van der Waals surface area contributed by atoms with Crippen LogP contribution in [0.4, 0.5) is 20.1 Å². The smallest absolute Gasteiger partial charge is 0.410 e. The molecule has 3 heterocycles. The van der Waals surface area contributed by atoms with Crippen molar-refractivity contribution in [2.75, 3.05) is 85.8 Å². The second kappa shape index (κ2) is 29.4. The number of ether oxygens (including phenoxy) is 6. The molecule has 2 fully saturated rings. The average Bonchev–Trinajstić information content (AvgIpc) is 2.04. The lowest BCUT2D eigenvalue weighted by atomic mass is 9.83. The predicted octanol–water partition coefficient (Wildman–Crippen LogP) is 5.55. The lowest BCUT2D eigenvalue weighted by molar-refractivity contribution is -0.163. The Balaban J connectivity index is 1.03. The number of hydrogen-bond donors (Lipinski definition) is 3. The third-order valence-electron chi connectivity index (χ3n) is 16.2. The number of carbonyl (C=O) groups excluding carboxylic acids is 9.